The number of ketones is 1. The molecule has 2 aromatic rings. The summed E-state index contributed by atoms with van der Waals surface area (Å²) >= 11 is 1.64. The largest absolute Gasteiger partial charge is 0.494 e. The molecular weight excluding hydrogens is 372 g/mol. The van der Waals surface area contributed by atoms with Gasteiger partial charge in [0.05, 0.1) is 29.7 Å². The van der Waals surface area contributed by atoms with Crippen LogP contribution in [0.5, 0.6) is 5.75 Å². The van der Waals surface area contributed by atoms with E-state index in [1.165, 1.54) is 10.6 Å². The molecule has 4 rings (SSSR count). The normalized spacial score (nSPS) is 19.6. The first-order chi connectivity index (χ1) is 13.7. The molecule has 150 valence electrons. The van der Waals surface area contributed by atoms with Crippen molar-refractivity contribution in [1.29, 1.82) is 0 Å². The van der Waals surface area contributed by atoms with E-state index >= 15 is 0 Å². The highest BCUT2D eigenvalue weighted by molar-refractivity contribution is 7.18. The second kappa shape index (κ2) is 8.64. The van der Waals surface area contributed by atoms with Crippen molar-refractivity contribution in [2.45, 2.75) is 26.3 Å². The lowest BCUT2D eigenvalue weighted by atomic mass is 10.1. The maximum atomic E-state index is 12.9. The van der Waals surface area contributed by atoms with Gasteiger partial charge < -0.3 is 14.4 Å². The van der Waals surface area contributed by atoms with Crippen LogP contribution in [0, 0.1) is 0 Å². The molecule has 1 fully saturated rings. The van der Waals surface area contributed by atoms with Crippen molar-refractivity contribution in [3.8, 4) is 5.75 Å². The molecule has 1 aromatic carbocycles. The molecule has 0 saturated carbocycles. The van der Waals surface area contributed by atoms with E-state index in [1.54, 1.807) is 11.3 Å². The smallest absolute Gasteiger partial charge is 0.203 e. The van der Waals surface area contributed by atoms with Gasteiger partial charge in [-0.2, -0.15) is 0 Å². The molecule has 0 N–H and O–H groups in total. The molecule has 0 bridgehead atoms. The Bertz CT molecular complexity index is 812. The van der Waals surface area contributed by atoms with Gasteiger partial charge in [0.25, 0.3) is 0 Å². The standard InChI is InChI=1S/C22H28N2O3S/c1-3-27-19-6-4-17(5-7-19)21(25)20-15-18-14-16(2)24(22(18)28-20)9-8-23-10-12-26-13-11-23/h4-7,15-16H,3,8-14H2,1-2H3. The molecule has 1 saturated heterocycles. The Labute approximate surface area is 170 Å². The number of fused-ring (bicyclic) bond motifs is 1. The van der Waals surface area contributed by atoms with Gasteiger partial charge in [0, 0.05) is 37.8 Å². The van der Waals surface area contributed by atoms with Gasteiger partial charge in [-0.1, -0.05) is 0 Å². The fraction of sp³-hybridized carbons (Fsp3) is 0.500. The van der Waals surface area contributed by atoms with E-state index in [2.05, 4.69) is 22.8 Å². The topological polar surface area (TPSA) is 42.0 Å². The van der Waals surface area contributed by atoms with E-state index in [0.29, 0.717) is 12.6 Å². The zero-order valence-corrected chi connectivity index (χ0v) is 17.5. The van der Waals surface area contributed by atoms with Gasteiger partial charge in [-0.3, -0.25) is 9.69 Å². The van der Waals surface area contributed by atoms with E-state index < -0.39 is 0 Å². The third-order valence-corrected chi connectivity index (χ3v) is 6.72. The van der Waals surface area contributed by atoms with Crippen LogP contribution < -0.4 is 9.64 Å². The number of ether oxygens (including phenoxy) is 2. The number of nitrogens with zero attached hydrogens (tertiary/aromatic N) is 2. The van der Waals surface area contributed by atoms with Crippen molar-refractivity contribution in [2.24, 2.45) is 0 Å². The fourth-order valence-corrected chi connectivity index (χ4v) is 5.24. The maximum absolute atomic E-state index is 12.9. The highest BCUT2D eigenvalue weighted by Crippen LogP contribution is 2.40. The van der Waals surface area contributed by atoms with E-state index in [4.69, 9.17) is 9.47 Å². The summed E-state index contributed by atoms with van der Waals surface area (Å²) in [6.07, 6.45) is 1.02. The van der Waals surface area contributed by atoms with Crippen LogP contribution in [0.15, 0.2) is 30.3 Å². The number of carbonyl (C=O) groups is 1. The second-order valence-electron chi connectivity index (χ2n) is 7.43. The summed E-state index contributed by atoms with van der Waals surface area (Å²) in [5.41, 5.74) is 2.03. The van der Waals surface area contributed by atoms with Crippen LogP contribution in [0.1, 0.15) is 34.6 Å². The lowest BCUT2D eigenvalue weighted by Crippen LogP contribution is -2.42. The van der Waals surface area contributed by atoms with E-state index in [-0.39, 0.29) is 5.78 Å². The molecule has 28 heavy (non-hydrogen) atoms. The Kier molecular flexibility index (Phi) is 5.99. The van der Waals surface area contributed by atoms with Crippen LogP contribution in [0.3, 0.4) is 0 Å². The zero-order chi connectivity index (χ0) is 19.5. The summed E-state index contributed by atoms with van der Waals surface area (Å²) in [7, 11) is 0. The minimum atomic E-state index is 0.100. The Morgan fingerprint density at radius 3 is 2.68 bits per heavy atom. The number of hydrogen-bond donors (Lipinski definition) is 0. The van der Waals surface area contributed by atoms with Crippen molar-refractivity contribution >= 4 is 22.1 Å². The van der Waals surface area contributed by atoms with Gasteiger partial charge in [0.15, 0.2) is 0 Å². The first-order valence-electron chi connectivity index (χ1n) is 10.1. The third kappa shape index (κ3) is 4.09. The number of benzene rings is 1. The van der Waals surface area contributed by atoms with E-state index in [0.717, 1.165) is 62.0 Å². The van der Waals surface area contributed by atoms with Gasteiger partial charge in [-0.25, -0.2) is 0 Å². The second-order valence-corrected chi connectivity index (χ2v) is 8.46. The minimum absolute atomic E-state index is 0.100. The molecule has 1 aromatic heterocycles. The average Bonchev–Trinajstić information content (AvgIpc) is 3.25. The van der Waals surface area contributed by atoms with Gasteiger partial charge in [-0.05, 0) is 56.2 Å². The molecule has 1 unspecified atom stereocenters. The van der Waals surface area contributed by atoms with Crippen molar-refractivity contribution in [3.63, 3.8) is 0 Å². The van der Waals surface area contributed by atoms with Crippen LogP contribution >= 0.6 is 11.3 Å². The summed E-state index contributed by atoms with van der Waals surface area (Å²) in [6, 6.07) is 10.1. The molecule has 1 atom stereocenters. The molecule has 0 radical (unpaired) electrons. The van der Waals surface area contributed by atoms with Crippen LogP contribution in [-0.4, -0.2) is 62.7 Å². The number of anilines is 1. The lowest BCUT2D eigenvalue weighted by molar-refractivity contribution is 0.0391. The quantitative estimate of drug-likeness (QED) is 0.666. The highest BCUT2D eigenvalue weighted by Gasteiger charge is 2.30. The predicted molar refractivity (Wildman–Crippen MR) is 113 cm³/mol. The first kappa shape index (κ1) is 19.4. The molecule has 0 spiro atoms. The van der Waals surface area contributed by atoms with Gasteiger partial charge in [-0.15, -0.1) is 11.3 Å². The van der Waals surface area contributed by atoms with Crippen molar-refractivity contribution in [2.75, 3.05) is 50.9 Å². The summed E-state index contributed by atoms with van der Waals surface area (Å²) in [5.74, 6) is 0.902. The minimum Gasteiger partial charge on any atom is -0.494 e. The van der Waals surface area contributed by atoms with Crippen LogP contribution in [0.25, 0.3) is 0 Å². The summed E-state index contributed by atoms with van der Waals surface area (Å²) in [5, 5.41) is 1.27. The van der Waals surface area contributed by atoms with Crippen LogP contribution in [0.4, 0.5) is 5.00 Å². The SMILES string of the molecule is CCOc1ccc(C(=O)c2cc3c(s2)N(CCN2CCOCC2)C(C)C3)cc1. The van der Waals surface area contributed by atoms with E-state index in [9.17, 15) is 4.79 Å². The number of thiophene rings is 1. The van der Waals surface area contributed by atoms with Crippen molar-refractivity contribution < 1.29 is 14.3 Å². The molecule has 0 aliphatic carbocycles. The number of rotatable bonds is 7. The molecule has 2 aliphatic heterocycles. The average molecular weight is 401 g/mol. The lowest BCUT2D eigenvalue weighted by Gasteiger charge is -2.31. The van der Waals surface area contributed by atoms with Gasteiger partial charge >= 0.3 is 0 Å². The number of hydrogen-bond acceptors (Lipinski definition) is 6. The summed E-state index contributed by atoms with van der Waals surface area (Å²) in [6.45, 7) is 10.6. The van der Waals surface area contributed by atoms with Crippen molar-refractivity contribution in [3.05, 3.63) is 46.3 Å². The predicted octanol–water partition coefficient (Wildman–Crippen LogP) is 3.46. The number of carbonyl (C=O) groups excluding carboxylic acids is 1. The monoisotopic (exact) mass is 400 g/mol. The Morgan fingerprint density at radius 1 is 1.21 bits per heavy atom. The Hall–Kier alpha value is -1.89. The molecule has 2 aliphatic rings. The molecule has 3 heterocycles. The third-order valence-electron chi connectivity index (χ3n) is 5.51. The highest BCUT2D eigenvalue weighted by atomic mass is 32.1. The zero-order valence-electron chi connectivity index (χ0n) is 16.6. The van der Waals surface area contributed by atoms with Gasteiger partial charge in [0.2, 0.25) is 5.78 Å². The first-order valence-corrected chi connectivity index (χ1v) is 10.9. The van der Waals surface area contributed by atoms with Crippen LogP contribution in [-0.2, 0) is 11.2 Å². The summed E-state index contributed by atoms with van der Waals surface area (Å²) in [4.78, 5) is 18.7. The molecule has 0 amide bonds. The van der Waals surface area contributed by atoms with Gasteiger partial charge in [0.1, 0.15) is 5.75 Å². The molecule has 6 heteroatoms. The maximum Gasteiger partial charge on any atom is 0.203 e. The van der Waals surface area contributed by atoms with Crippen molar-refractivity contribution in [1.82, 2.24) is 4.90 Å². The number of morpholine rings is 1. The van der Waals surface area contributed by atoms with E-state index in [1.807, 2.05) is 31.2 Å². The molecular formula is C22H28N2O3S. The van der Waals surface area contributed by atoms with Crippen LogP contribution in [0.2, 0.25) is 0 Å². The molecule has 5 nitrogen and oxygen atoms in total. The fourth-order valence-electron chi connectivity index (χ4n) is 3.96. The Morgan fingerprint density at radius 2 is 1.96 bits per heavy atom. The Balaban J connectivity index is 1.45. The summed E-state index contributed by atoms with van der Waals surface area (Å²) < 4.78 is 10.9.